The summed E-state index contributed by atoms with van der Waals surface area (Å²) in [4.78, 5) is 4.54. The summed E-state index contributed by atoms with van der Waals surface area (Å²) in [6, 6.07) is 0. The summed E-state index contributed by atoms with van der Waals surface area (Å²) in [5.74, 6) is 1.28. The highest BCUT2D eigenvalue weighted by Crippen LogP contribution is 2.07. The minimum absolute atomic E-state index is 1.15. The lowest BCUT2D eigenvalue weighted by atomic mass is 10.1. The fourth-order valence-corrected chi connectivity index (χ4v) is 2.49. The van der Waals surface area contributed by atoms with Gasteiger partial charge in [-0.1, -0.05) is 45.4 Å². The van der Waals surface area contributed by atoms with Crippen LogP contribution in [0.1, 0.15) is 51.9 Å². The highest BCUT2D eigenvalue weighted by molar-refractivity contribution is 5.74. The van der Waals surface area contributed by atoms with Crippen molar-refractivity contribution in [2.75, 3.05) is 41.8 Å². The molecular formula is C15H34N3+. The van der Waals surface area contributed by atoms with Crippen molar-refractivity contribution in [3.63, 3.8) is 0 Å². The van der Waals surface area contributed by atoms with Crippen molar-refractivity contribution < 1.29 is 4.58 Å². The van der Waals surface area contributed by atoms with Gasteiger partial charge in [0.05, 0.1) is 41.8 Å². The van der Waals surface area contributed by atoms with Crippen LogP contribution >= 0.6 is 0 Å². The molecule has 0 atom stereocenters. The van der Waals surface area contributed by atoms with Crippen molar-refractivity contribution in [2.45, 2.75) is 51.9 Å². The van der Waals surface area contributed by atoms with E-state index in [1.54, 1.807) is 0 Å². The van der Waals surface area contributed by atoms with E-state index in [1.165, 1.54) is 50.9 Å². The first-order valence-electron chi connectivity index (χ1n) is 7.43. The van der Waals surface area contributed by atoms with Gasteiger partial charge in [-0.15, -0.1) is 0 Å². The molecule has 3 nitrogen and oxygen atoms in total. The molecule has 0 radical (unpaired) electrons. The van der Waals surface area contributed by atoms with Crippen LogP contribution in [0.5, 0.6) is 0 Å². The Labute approximate surface area is 114 Å². The molecule has 0 rings (SSSR count). The molecule has 0 saturated carbocycles. The first kappa shape index (κ1) is 17.3. The standard InChI is InChI=1S/C15H34N3/c1-7-8-9-10-11-12-13-14-18(6)15(16(2)3)17(4)5/h7-14H2,1-6H3/q+1. The van der Waals surface area contributed by atoms with Gasteiger partial charge in [0, 0.05) is 0 Å². The van der Waals surface area contributed by atoms with E-state index >= 15 is 0 Å². The predicted octanol–water partition coefficient (Wildman–Crippen LogP) is 2.86. The highest BCUT2D eigenvalue weighted by Gasteiger charge is 2.17. The summed E-state index contributed by atoms with van der Waals surface area (Å²) in [5.41, 5.74) is 0. The van der Waals surface area contributed by atoms with Crippen molar-refractivity contribution in [2.24, 2.45) is 0 Å². The maximum Gasteiger partial charge on any atom is 0.349 e. The van der Waals surface area contributed by atoms with Gasteiger partial charge in [-0.05, 0) is 6.42 Å². The van der Waals surface area contributed by atoms with Gasteiger partial charge in [0.1, 0.15) is 0 Å². The Bertz CT molecular complexity index is 230. The molecule has 0 aromatic heterocycles. The minimum Gasteiger partial charge on any atom is -0.270 e. The molecule has 0 unspecified atom stereocenters. The van der Waals surface area contributed by atoms with Crippen LogP contribution < -0.4 is 0 Å². The number of rotatable bonds is 8. The Morgan fingerprint density at radius 3 is 1.78 bits per heavy atom. The van der Waals surface area contributed by atoms with Crippen molar-refractivity contribution in [1.82, 2.24) is 9.80 Å². The fraction of sp³-hybridized carbons (Fsp3) is 0.933. The van der Waals surface area contributed by atoms with Crippen molar-refractivity contribution >= 4 is 5.96 Å². The minimum atomic E-state index is 1.15. The van der Waals surface area contributed by atoms with Crippen LogP contribution in [0, 0.1) is 0 Å². The van der Waals surface area contributed by atoms with Crippen LogP contribution in [0.2, 0.25) is 0 Å². The summed E-state index contributed by atoms with van der Waals surface area (Å²) in [6.07, 6.45) is 9.63. The summed E-state index contributed by atoms with van der Waals surface area (Å²) < 4.78 is 2.18. The number of nitrogens with zero attached hydrogens (tertiary/aromatic N) is 3. The van der Waals surface area contributed by atoms with E-state index in [-0.39, 0.29) is 0 Å². The molecule has 0 fully saturated rings. The molecule has 0 aromatic carbocycles. The molecule has 0 aliphatic rings. The third kappa shape index (κ3) is 7.57. The van der Waals surface area contributed by atoms with E-state index in [9.17, 15) is 0 Å². The van der Waals surface area contributed by atoms with Crippen LogP contribution in [0.3, 0.4) is 0 Å². The topological polar surface area (TPSA) is 9.49 Å². The second-order valence-corrected chi connectivity index (χ2v) is 5.63. The van der Waals surface area contributed by atoms with E-state index in [0.717, 1.165) is 6.54 Å². The first-order chi connectivity index (χ1) is 8.50. The van der Waals surface area contributed by atoms with Gasteiger partial charge in [0.2, 0.25) is 0 Å². The van der Waals surface area contributed by atoms with Gasteiger partial charge in [-0.25, -0.2) is 0 Å². The number of guanidine groups is 1. The molecule has 18 heavy (non-hydrogen) atoms. The summed E-state index contributed by atoms with van der Waals surface area (Å²) >= 11 is 0. The highest BCUT2D eigenvalue weighted by atomic mass is 15.4. The van der Waals surface area contributed by atoms with E-state index in [4.69, 9.17) is 0 Å². The zero-order valence-electron chi connectivity index (χ0n) is 13.5. The lowest BCUT2D eigenvalue weighted by molar-refractivity contribution is -0.475. The molecule has 0 bridgehead atoms. The SMILES string of the molecule is CCCCCCCCCN(C)C(N(C)C)=[N+](C)C. The van der Waals surface area contributed by atoms with E-state index in [1.807, 2.05) is 0 Å². The molecule has 0 aromatic rings. The predicted molar refractivity (Wildman–Crippen MR) is 81.4 cm³/mol. The third-order valence-electron chi connectivity index (χ3n) is 3.24. The molecule has 108 valence electrons. The molecule has 0 aliphatic carbocycles. The van der Waals surface area contributed by atoms with Crippen LogP contribution in [0.15, 0.2) is 0 Å². The lowest BCUT2D eigenvalue weighted by Crippen LogP contribution is -2.43. The maximum absolute atomic E-state index is 2.35. The molecule has 0 N–H and O–H groups in total. The van der Waals surface area contributed by atoms with Crippen LogP contribution in [-0.4, -0.2) is 62.1 Å². The molecular weight excluding hydrogens is 222 g/mol. The molecule has 3 heteroatoms. The molecule has 0 aliphatic heterocycles. The van der Waals surface area contributed by atoms with Crippen LogP contribution in [0.25, 0.3) is 0 Å². The molecule has 0 saturated heterocycles. The lowest BCUT2D eigenvalue weighted by Gasteiger charge is -2.21. The summed E-state index contributed by atoms with van der Waals surface area (Å²) in [5, 5.41) is 0. The number of unbranched alkanes of at least 4 members (excludes halogenated alkanes) is 6. The normalized spacial score (nSPS) is 10.3. The van der Waals surface area contributed by atoms with Crippen LogP contribution in [-0.2, 0) is 0 Å². The van der Waals surface area contributed by atoms with E-state index in [2.05, 4.69) is 56.5 Å². The van der Waals surface area contributed by atoms with Crippen molar-refractivity contribution in [3.8, 4) is 0 Å². The van der Waals surface area contributed by atoms with Crippen molar-refractivity contribution in [3.05, 3.63) is 0 Å². The van der Waals surface area contributed by atoms with E-state index < -0.39 is 0 Å². The molecule has 0 heterocycles. The van der Waals surface area contributed by atoms with Gasteiger partial charge in [0.25, 0.3) is 0 Å². The summed E-state index contributed by atoms with van der Waals surface area (Å²) in [6.45, 7) is 3.42. The molecule has 0 spiro atoms. The Morgan fingerprint density at radius 1 is 0.833 bits per heavy atom. The van der Waals surface area contributed by atoms with Crippen molar-refractivity contribution in [1.29, 1.82) is 0 Å². The number of hydrogen-bond donors (Lipinski definition) is 0. The first-order valence-corrected chi connectivity index (χ1v) is 7.43. The average molecular weight is 256 g/mol. The summed E-state index contributed by atoms with van der Waals surface area (Å²) in [7, 11) is 10.6. The zero-order chi connectivity index (χ0) is 14.0. The fourth-order valence-electron chi connectivity index (χ4n) is 2.49. The van der Waals surface area contributed by atoms with Gasteiger partial charge in [-0.2, -0.15) is 0 Å². The Hall–Kier alpha value is -0.730. The Kier molecular flexibility index (Phi) is 9.80. The smallest absolute Gasteiger partial charge is 0.270 e. The second-order valence-electron chi connectivity index (χ2n) is 5.63. The van der Waals surface area contributed by atoms with Crippen LogP contribution in [0.4, 0.5) is 0 Å². The largest absolute Gasteiger partial charge is 0.349 e. The zero-order valence-corrected chi connectivity index (χ0v) is 13.5. The number of hydrogen-bond acceptors (Lipinski definition) is 0. The quantitative estimate of drug-likeness (QED) is 0.286. The maximum atomic E-state index is 2.35. The molecule has 0 amide bonds. The average Bonchev–Trinajstić information content (AvgIpc) is 2.26. The van der Waals surface area contributed by atoms with E-state index in [0.29, 0.717) is 0 Å². The second kappa shape index (κ2) is 10.2. The van der Waals surface area contributed by atoms with Gasteiger partial charge < -0.3 is 0 Å². The van der Waals surface area contributed by atoms with Gasteiger partial charge >= 0.3 is 5.96 Å². The van der Waals surface area contributed by atoms with Gasteiger partial charge in [0.15, 0.2) is 0 Å². The third-order valence-corrected chi connectivity index (χ3v) is 3.24. The Balaban J connectivity index is 3.76. The monoisotopic (exact) mass is 256 g/mol. The Morgan fingerprint density at radius 2 is 1.33 bits per heavy atom. The van der Waals surface area contributed by atoms with Gasteiger partial charge in [-0.3, -0.25) is 14.4 Å².